The SMILES string of the molecule is COc1ccc(/C=N\NC(=S)NCCN2CCOCC2)cc1. The molecular formula is C15H22N4O2S. The molecule has 1 saturated heterocycles. The first-order valence-corrected chi connectivity index (χ1v) is 7.70. The second-order valence-corrected chi connectivity index (χ2v) is 5.26. The van der Waals surface area contributed by atoms with Crippen molar-refractivity contribution in [3.8, 4) is 5.75 Å². The summed E-state index contributed by atoms with van der Waals surface area (Å²) in [7, 11) is 1.64. The minimum Gasteiger partial charge on any atom is -0.497 e. The predicted octanol–water partition coefficient (Wildman–Crippen LogP) is 0.825. The van der Waals surface area contributed by atoms with Crippen molar-refractivity contribution in [2.45, 2.75) is 0 Å². The molecule has 0 amide bonds. The first kappa shape index (κ1) is 16.7. The molecule has 0 bridgehead atoms. The number of morpholine rings is 1. The number of benzene rings is 1. The number of nitrogens with zero attached hydrogens (tertiary/aromatic N) is 2. The Morgan fingerprint density at radius 3 is 2.77 bits per heavy atom. The van der Waals surface area contributed by atoms with Gasteiger partial charge in [-0.05, 0) is 42.0 Å². The lowest BCUT2D eigenvalue weighted by Gasteiger charge is -2.26. The molecule has 1 aliphatic rings. The van der Waals surface area contributed by atoms with Crippen LogP contribution < -0.4 is 15.5 Å². The van der Waals surface area contributed by atoms with Crippen molar-refractivity contribution in [2.24, 2.45) is 5.10 Å². The topological polar surface area (TPSA) is 58.1 Å². The number of nitrogens with one attached hydrogen (secondary N) is 2. The van der Waals surface area contributed by atoms with E-state index in [1.807, 2.05) is 24.3 Å². The first-order chi connectivity index (χ1) is 10.8. The maximum Gasteiger partial charge on any atom is 0.187 e. The van der Waals surface area contributed by atoms with Crippen LogP contribution >= 0.6 is 12.2 Å². The van der Waals surface area contributed by atoms with Gasteiger partial charge < -0.3 is 14.8 Å². The maximum atomic E-state index is 5.31. The average molecular weight is 322 g/mol. The molecule has 0 saturated carbocycles. The lowest BCUT2D eigenvalue weighted by Crippen LogP contribution is -2.42. The van der Waals surface area contributed by atoms with Gasteiger partial charge in [-0.3, -0.25) is 10.3 Å². The third kappa shape index (κ3) is 5.97. The third-order valence-corrected chi connectivity index (χ3v) is 3.55. The Morgan fingerprint density at radius 1 is 1.36 bits per heavy atom. The van der Waals surface area contributed by atoms with Crippen LogP contribution in [0.15, 0.2) is 29.4 Å². The van der Waals surface area contributed by atoms with E-state index in [2.05, 4.69) is 20.7 Å². The Morgan fingerprint density at radius 2 is 2.09 bits per heavy atom. The molecule has 0 radical (unpaired) electrons. The molecule has 1 aromatic carbocycles. The molecule has 1 aromatic rings. The van der Waals surface area contributed by atoms with Crippen LogP contribution in [0.25, 0.3) is 0 Å². The van der Waals surface area contributed by atoms with E-state index < -0.39 is 0 Å². The summed E-state index contributed by atoms with van der Waals surface area (Å²) in [5, 5.41) is 7.77. The quantitative estimate of drug-likeness (QED) is 0.460. The van der Waals surface area contributed by atoms with Gasteiger partial charge in [0, 0.05) is 26.2 Å². The van der Waals surface area contributed by atoms with Crippen molar-refractivity contribution in [1.82, 2.24) is 15.6 Å². The van der Waals surface area contributed by atoms with E-state index >= 15 is 0 Å². The maximum absolute atomic E-state index is 5.31. The van der Waals surface area contributed by atoms with Crippen LogP contribution in [-0.4, -0.2) is 62.7 Å². The molecule has 22 heavy (non-hydrogen) atoms. The summed E-state index contributed by atoms with van der Waals surface area (Å²) in [5.41, 5.74) is 3.79. The molecule has 0 aromatic heterocycles. The predicted molar refractivity (Wildman–Crippen MR) is 91.6 cm³/mol. The molecule has 120 valence electrons. The van der Waals surface area contributed by atoms with Crippen molar-refractivity contribution >= 4 is 23.5 Å². The fraction of sp³-hybridized carbons (Fsp3) is 0.467. The molecule has 0 spiro atoms. The van der Waals surface area contributed by atoms with Crippen LogP contribution in [0, 0.1) is 0 Å². The lowest BCUT2D eigenvalue weighted by atomic mass is 10.2. The van der Waals surface area contributed by atoms with Gasteiger partial charge in [0.25, 0.3) is 0 Å². The fourth-order valence-electron chi connectivity index (χ4n) is 2.05. The van der Waals surface area contributed by atoms with Crippen molar-refractivity contribution < 1.29 is 9.47 Å². The molecule has 1 aliphatic heterocycles. The molecule has 2 N–H and O–H groups in total. The Hall–Kier alpha value is -1.70. The molecule has 1 heterocycles. The standard InChI is InChI=1S/C15H22N4O2S/c1-20-14-4-2-13(3-5-14)12-17-18-15(22)16-6-7-19-8-10-21-11-9-19/h2-5,12H,6-11H2,1H3,(H2,16,18,22)/b17-12-. The van der Waals surface area contributed by atoms with Gasteiger partial charge >= 0.3 is 0 Å². The summed E-state index contributed by atoms with van der Waals surface area (Å²) < 4.78 is 10.4. The highest BCUT2D eigenvalue weighted by atomic mass is 32.1. The number of ether oxygens (including phenoxy) is 2. The number of hydrazone groups is 1. The minimum atomic E-state index is 0.526. The van der Waals surface area contributed by atoms with E-state index in [9.17, 15) is 0 Å². The Labute approximate surface area is 136 Å². The number of methoxy groups -OCH3 is 1. The second-order valence-electron chi connectivity index (χ2n) is 4.85. The van der Waals surface area contributed by atoms with E-state index in [4.69, 9.17) is 21.7 Å². The molecule has 0 unspecified atom stereocenters. The fourth-order valence-corrected chi connectivity index (χ4v) is 2.20. The van der Waals surface area contributed by atoms with Crippen LogP contribution in [0.3, 0.4) is 0 Å². The van der Waals surface area contributed by atoms with E-state index in [0.717, 1.165) is 50.7 Å². The number of hydrogen-bond acceptors (Lipinski definition) is 5. The highest BCUT2D eigenvalue weighted by Gasteiger charge is 2.09. The smallest absolute Gasteiger partial charge is 0.187 e. The van der Waals surface area contributed by atoms with Gasteiger partial charge in [0.1, 0.15) is 5.75 Å². The summed E-state index contributed by atoms with van der Waals surface area (Å²) >= 11 is 5.18. The van der Waals surface area contributed by atoms with Crippen molar-refractivity contribution in [1.29, 1.82) is 0 Å². The van der Waals surface area contributed by atoms with E-state index in [-0.39, 0.29) is 0 Å². The molecule has 2 rings (SSSR count). The molecule has 7 heteroatoms. The molecule has 1 fully saturated rings. The van der Waals surface area contributed by atoms with Gasteiger partial charge in [0.2, 0.25) is 0 Å². The highest BCUT2D eigenvalue weighted by molar-refractivity contribution is 7.80. The average Bonchev–Trinajstić information content (AvgIpc) is 2.56. The van der Waals surface area contributed by atoms with Gasteiger partial charge in [0.15, 0.2) is 5.11 Å². The minimum absolute atomic E-state index is 0.526. The largest absolute Gasteiger partial charge is 0.497 e. The first-order valence-electron chi connectivity index (χ1n) is 7.29. The van der Waals surface area contributed by atoms with Crippen molar-refractivity contribution in [2.75, 3.05) is 46.5 Å². The Balaban J connectivity index is 1.62. The zero-order valence-corrected chi connectivity index (χ0v) is 13.6. The molecule has 0 atom stereocenters. The summed E-state index contributed by atoms with van der Waals surface area (Å²) in [6.45, 7) is 5.34. The van der Waals surface area contributed by atoms with Gasteiger partial charge in [-0.25, -0.2) is 0 Å². The van der Waals surface area contributed by atoms with E-state index in [0.29, 0.717) is 5.11 Å². The monoisotopic (exact) mass is 322 g/mol. The summed E-state index contributed by atoms with van der Waals surface area (Å²) in [4.78, 5) is 2.35. The number of hydrogen-bond donors (Lipinski definition) is 2. The van der Waals surface area contributed by atoms with Crippen LogP contribution in [0.4, 0.5) is 0 Å². The normalized spacial score (nSPS) is 15.7. The summed E-state index contributed by atoms with van der Waals surface area (Å²) in [6.07, 6.45) is 1.72. The van der Waals surface area contributed by atoms with E-state index in [1.54, 1.807) is 13.3 Å². The van der Waals surface area contributed by atoms with Gasteiger partial charge in [-0.1, -0.05) is 0 Å². The Bertz CT molecular complexity index is 487. The second kappa shape index (κ2) is 9.34. The zero-order valence-electron chi connectivity index (χ0n) is 12.7. The van der Waals surface area contributed by atoms with Crippen molar-refractivity contribution in [3.05, 3.63) is 29.8 Å². The third-order valence-electron chi connectivity index (χ3n) is 3.31. The molecule has 0 aliphatic carbocycles. The van der Waals surface area contributed by atoms with E-state index in [1.165, 1.54) is 0 Å². The number of rotatable bonds is 6. The summed E-state index contributed by atoms with van der Waals surface area (Å²) in [5.74, 6) is 0.824. The highest BCUT2D eigenvalue weighted by Crippen LogP contribution is 2.09. The van der Waals surface area contributed by atoms with Crippen molar-refractivity contribution in [3.63, 3.8) is 0 Å². The Kier molecular flexibility index (Phi) is 7.08. The molecular weight excluding hydrogens is 300 g/mol. The van der Waals surface area contributed by atoms with Crippen LogP contribution in [0.2, 0.25) is 0 Å². The number of thiocarbonyl (C=S) groups is 1. The summed E-state index contributed by atoms with van der Waals surface area (Å²) in [6, 6.07) is 7.64. The van der Waals surface area contributed by atoms with Gasteiger partial charge in [-0.15, -0.1) is 0 Å². The molecule has 6 nitrogen and oxygen atoms in total. The van der Waals surface area contributed by atoms with Crippen LogP contribution in [0.5, 0.6) is 5.75 Å². The van der Waals surface area contributed by atoms with Gasteiger partial charge in [-0.2, -0.15) is 5.10 Å². The van der Waals surface area contributed by atoms with Crippen LogP contribution in [-0.2, 0) is 4.74 Å². The lowest BCUT2D eigenvalue weighted by molar-refractivity contribution is 0.0389. The van der Waals surface area contributed by atoms with Gasteiger partial charge in [0.05, 0.1) is 26.5 Å². The zero-order chi connectivity index (χ0) is 15.6. The van der Waals surface area contributed by atoms with Crippen LogP contribution in [0.1, 0.15) is 5.56 Å².